The fourth-order valence-corrected chi connectivity index (χ4v) is 3.02. The van der Waals surface area contributed by atoms with Gasteiger partial charge in [0.1, 0.15) is 0 Å². The number of pyridine rings is 1. The van der Waals surface area contributed by atoms with Gasteiger partial charge >= 0.3 is 12.0 Å². The van der Waals surface area contributed by atoms with Gasteiger partial charge in [-0.05, 0) is 49.2 Å². The Kier molecular flexibility index (Phi) is 8.17. The first kappa shape index (κ1) is 23.2. The number of esters is 1. The van der Waals surface area contributed by atoms with Crippen LogP contribution in [-0.2, 0) is 19.9 Å². The van der Waals surface area contributed by atoms with Crippen molar-refractivity contribution >= 4 is 40.9 Å². The molecular weight excluding hydrogens is 408 g/mol. The molecule has 2 aromatic rings. The van der Waals surface area contributed by atoms with Gasteiger partial charge in [-0.25, -0.2) is 4.79 Å². The molecule has 8 nitrogen and oxygen atoms in total. The van der Waals surface area contributed by atoms with Gasteiger partial charge in [0.2, 0.25) is 5.91 Å². The third kappa shape index (κ3) is 6.45. The third-order valence-electron chi connectivity index (χ3n) is 4.41. The predicted octanol–water partition coefficient (Wildman–Crippen LogP) is 4.07. The van der Waals surface area contributed by atoms with Crippen molar-refractivity contribution in [1.29, 1.82) is 0 Å². The highest BCUT2D eigenvalue weighted by Crippen LogP contribution is 2.28. The second-order valence-corrected chi connectivity index (χ2v) is 7.30. The molecule has 0 fully saturated rings. The highest BCUT2D eigenvalue weighted by molar-refractivity contribution is 6.33. The van der Waals surface area contributed by atoms with Crippen LogP contribution in [0.5, 0.6) is 0 Å². The van der Waals surface area contributed by atoms with Crippen molar-refractivity contribution < 1.29 is 19.1 Å². The number of methoxy groups -OCH3 is 1. The Morgan fingerprint density at radius 2 is 1.83 bits per heavy atom. The van der Waals surface area contributed by atoms with Gasteiger partial charge in [-0.2, -0.15) is 0 Å². The molecule has 2 rings (SSSR count). The van der Waals surface area contributed by atoms with Crippen LogP contribution in [0.3, 0.4) is 0 Å². The molecule has 0 aliphatic carbocycles. The minimum atomic E-state index is -1.04. The van der Waals surface area contributed by atoms with Gasteiger partial charge in [0.05, 0.1) is 29.8 Å². The first-order valence-electron chi connectivity index (χ1n) is 9.43. The number of halogens is 1. The molecule has 1 heterocycles. The standard InChI is InChI=1S/C21H25ClN4O4/c1-4-5-18(27)24-15-6-7-16(22)17(12-15)25-20(29)26-21(2,13-19(28)30-3)14-8-10-23-11-9-14/h6-12H,4-5,13H2,1-3H3,(H,24,27)(H2,25,26,29)/t21-/m0/s1. The number of rotatable bonds is 8. The minimum absolute atomic E-state index is 0.0816. The SMILES string of the molecule is CCCC(=O)Nc1ccc(Cl)c(NC(=O)N[C@@](C)(CC(=O)OC)c2ccncc2)c1. The lowest BCUT2D eigenvalue weighted by atomic mass is 9.89. The van der Waals surface area contributed by atoms with E-state index in [9.17, 15) is 14.4 Å². The zero-order chi connectivity index (χ0) is 22.1. The fourth-order valence-electron chi connectivity index (χ4n) is 2.85. The molecular formula is C21H25ClN4O4. The molecule has 0 unspecified atom stereocenters. The summed E-state index contributed by atoms with van der Waals surface area (Å²) in [6.45, 7) is 3.62. The van der Waals surface area contributed by atoms with Crippen LogP contribution in [0.15, 0.2) is 42.7 Å². The third-order valence-corrected chi connectivity index (χ3v) is 4.74. The highest BCUT2D eigenvalue weighted by Gasteiger charge is 2.32. The number of hydrogen-bond donors (Lipinski definition) is 3. The summed E-state index contributed by atoms with van der Waals surface area (Å²) >= 11 is 6.20. The first-order valence-corrected chi connectivity index (χ1v) is 9.81. The van der Waals surface area contributed by atoms with E-state index in [1.807, 2.05) is 6.92 Å². The normalized spacial score (nSPS) is 12.4. The van der Waals surface area contributed by atoms with Crippen LogP contribution in [0.2, 0.25) is 5.02 Å². The number of anilines is 2. The first-order chi connectivity index (χ1) is 14.3. The number of nitrogens with one attached hydrogen (secondary N) is 3. The molecule has 1 aromatic heterocycles. The van der Waals surface area contributed by atoms with E-state index in [0.29, 0.717) is 28.4 Å². The Balaban J connectivity index is 2.19. The molecule has 160 valence electrons. The Hall–Kier alpha value is -3.13. The topological polar surface area (TPSA) is 109 Å². The lowest BCUT2D eigenvalue weighted by Crippen LogP contribution is -2.47. The van der Waals surface area contributed by atoms with Crippen molar-refractivity contribution in [2.24, 2.45) is 0 Å². The maximum absolute atomic E-state index is 12.7. The number of benzene rings is 1. The monoisotopic (exact) mass is 432 g/mol. The number of ether oxygens (including phenoxy) is 1. The average Bonchev–Trinajstić information content (AvgIpc) is 2.71. The van der Waals surface area contributed by atoms with E-state index in [-0.39, 0.29) is 12.3 Å². The van der Waals surface area contributed by atoms with E-state index in [0.717, 1.165) is 6.42 Å². The maximum Gasteiger partial charge on any atom is 0.319 e. The van der Waals surface area contributed by atoms with Crippen molar-refractivity contribution in [2.75, 3.05) is 17.7 Å². The number of urea groups is 1. The molecule has 3 N–H and O–H groups in total. The average molecular weight is 433 g/mol. The largest absolute Gasteiger partial charge is 0.469 e. The van der Waals surface area contributed by atoms with Gasteiger partial charge < -0.3 is 20.7 Å². The number of carbonyl (C=O) groups excluding carboxylic acids is 3. The van der Waals surface area contributed by atoms with E-state index in [2.05, 4.69) is 20.9 Å². The maximum atomic E-state index is 12.7. The Morgan fingerprint density at radius 3 is 2.47 bits per heavy atom. The van der Waals surface area contributed by atoms with Gasteiger partial charge in [-0.3, -0.25) is 14.6 Å². The molecule has 9 heteroatoms. The summed E-state index contributed by atoms with van der Waals surface area (Å²) in [5, 5.41) is 8.54. The van der Waals surface area contributed by atoms with E-state index in [1.54, 1.807) is 49.6 Å². The Bertz CT molecular complexity index is 907. The van der Waals surface area contributed by atoms with Crippen LogP contribution >= 0.6 is 11.6 Å². The van der Waals surface area contributed by atoms with Crippen molar-refractivity contribution in [3.63, 3.8) is 0 Å². The lowest BCUT2D eigenvalue weighted by Gasteiger charge is -2.30. The van der Waals surface area contributed by atoms with Crippen LogP contribution in [-0.4, -0.2) is 30.0 Å². The summed E-state index contributed by atoms with van der Waals surface area (Å²) in [6.07, 6.45) is 4.18. The van der Waals surface area contributed by atoms with Gasteiger partial charge in [-0.15, -0.1) is 0 Å². The van der Waals surface area contributed by atoms with Crippen LogP contribution in [0.4, 0.5) is 16.2 Å². The van der Waals surface area contributed by atoms with E-state index in [4.69, 9.17) is 16.3 Å². The minimum Gasteiger partial charge on any atom is -0.469 e. The number of aromatic nitrogens is 1. The van der Waals surface area contributed by atoms with Gasteiger partial charge in [0, 0.05) is 24.5 Å². The molecule has 30 heavy (non-hydrogen) atoms. The van der Waals surface area contributed by atoms with Crippen LogP contribution in [0, 0.1) is 0 Å². The number of amides is 3. The lowest BCUT2D eigenvalue weighted by molar-refractivity contribution is -0.142. The van der Waals surface area contributed by atoms with Crippen molar-refractivity contribution in [3.05, 3.63) is 53.3 Å². The van der Waals surface area contributed by atoms with Crippen LogP contribution < -0.4 is 16.0 Å². The number of nitrogens with zero attached hydrogens (tertiary/aromatic N) is 1. The molecule has 0 radical (unpaired) electrons. The second kappa shape index (κ2) is 10.6. The quantitative estimate of drug-likeness (QED) is 0.544. The van der Waals surface area contributed by atoms with Crippen LogP contribution in [0.25, 0.3) is 0 Å². The number of carbonyl (C=O) groups is 3. The molecule has 0 saturated heterocycles. The molecule has 0 saturated carbocycles. The summed E-state index contributed by atoms with van der Waals surface area (Å²) in [7, 11) is 1.29. The van der Waals surface area contributed by atoms with Crippen LogP contribution in [0.1, 0.15) is 38.7 Å². The van der Waals surface area contributed by atoms with Gasteiger partial charge in [-0.1, -0.05) is 18.5 Å². The Morgan fingerprint density at radius 1 is 1.13 bits per heavy atom. The van der Waals surface area contributed by atoms with Gasteiger partial charge in [0.25, 0.3) is 0 Å². The summed E-state index contributed by atoms with van der Waals surface area (Å²) < 4.78 is 4.77. The van der Waals surface area contributed by atoms with Crippen molar-refractivity contribution in [3.8, 4) is 0 Å². The zero-order valence-electron chi connectivity index (χ0n) is 17.1. The summed E-state index contributed by atoms with van der Waals surface area (Å²) in [5.41, 5.74) is 0.474. The molecule has 0 spiro atoms. The summed E-state index contributed by atoms with van der Waals surface area (Å²) in [6, 6.07) is 7.64. The Labute approximate surface area is 180 Å². The molecule has 1 aromatic carbocycles. The van der Waals surface area contributed by atoms with E-state index < -0.39 is 17.5 Å². The molecule has 0 aliphatic rings. The molecule has 0 bridgehead atoms. The van der Waals surface area contributed by atoms with Gasteiger partial charge in [0.15, 0.2) is 0 Å². The number of hydrogen-bond acceptors (Lipinski definition) is 5. The zero-order valence-corrected chi connectivity index (χ0v) is 17.9. The summed E-state index contributed by atoms with van der Waals surface area (Å²) in [5.74, 6) is -0.605. The molecule has 1 atom stereocenters. The van der Waals surface area contributed by atoms with E-state index in [1.165, 1.54) is 7.11 Å². The highest BCUT2D eigenvalue weighted by atomic mass is 35.5. The van der Waals surface area contributed by atoms with E-state index >= 15 is 0 Å². The second-order valence-electron chi connectivity index (χ2n) is 6.89. The smallest absolute Gasteiger partial charge is 0.319 e. The predicted molar refractivity (Wildman–Crippen MR) is 115 cm³/mol. The van der Waals surface area contributed by atoms with Crippen molar-refractivity contribution in [2.45, 2.75) is 38.6 Å². The molecule has 3 amide bonds. The fraction of sp³-hybridized carbons (Fsp3) is 0.333. The van der Waals surface area contributed by atoms with Crippen molar-refractivity contribution in [1.82, 2.24) is 10.3 Å². The summed E-state index contributed by atoms with van der Waals surface area (Å²) in [4.78, 5) is 40.4. The molecule has 0 aliphatic heterocycles.